The van der Waals surface area contributed by atoms with Crippen molar-refractivity contribution in [2.75, 3.05) is 6.61 Å². The maximum absolute atomic E-state index is 13.2. The quantitative estimate of drug-likeness (QED) is 0.661. The van der Waals surface area contributed by atoms with E-state index >= 15 is 0 Å². The maximum Gasteiger partial charge on any atom is 0.438 e. The van der Waals surface area contributed by atoms with Crippen molar-refractivity contribution in [1.82, 2.24) is 15.0 Å². The van der Waals surface area contributed by atoms with Gasteiger partial charge in [-0.05, 0) is 42.7 Å². The third-order valence-corrected chi connectivity index (χ3v) is 3.40. The summed E-state index contributed by atoms with van der Waals surface area (Å²) in [7, 11) is 0. The molecule has 2 aromatic heterocycles. The van der Waals surface area contributed by atoms with Gasteiger partial charge < -0.3 is 4.74 Å². The molecule has 0 aliphatic heterocycles. The average molecular weight is 333 g/mol. The van der Waals surface area contributed by atoms with Crippen LogP contribution in [0.5, 0.6) is 5.88 Å². The molecule has 0 saturated heterocycles. The smallest absolute Gasteiger partial charge is 0.438 e. The van der Waals surface area contributed by atoms with Gasteiger partial charge >= 0.3 is 6.18 Å². The number of para-hydroxylation sites is 2. The van der Waals surface area contributed by atoms with Gasteiger partial charge in [-0.2, -0.15) is 13.2 Å². The molecule has 7 heteroatoms. The molecule has 3 aromatic rings. The van der Waals surface area contributed by atoms with Crippen LogP contribution in [0.3, 0.4) is 0 Å². The van der Waals surface area contributed by atoms with Gasteiger partial charge in [-0.1, -0.05) is 12.1 Å². The number of nitrogens with zero attached hydrogens (tertiary/aromatic N) is 3. The van der Waals surface area contributed by atoms with Crippen molar-refractivity contribution in [3.8, 4) is 5.88 Å². The molecule has 0 aliphatic rings. The summed E-state index contributed by atoms with van der Waals surface area (Å²) < 4.78 is 44.8. The fourth-order valence-corrected chi connectivity index (χ4v) is 2.26. The van der Waals surface area contributed by atoms with Crippen molar-refractivity contribution in [1.29, 1.82) is 0 Å². The number of hydrogen-bond acceptors (Lipinski definition) is 4. The second-order valence-corrected chi connectivity index (χ2v) is 5.17. The van der Waals surface area contributed by atoms with Gasteiger partial charge in [-0.25, -0.2) is 9.97 Å². The van der Waals surface area contributed by atoms with E-state index in [1.165, 1.54) is 6.07 Å². The lowest BCUT2D eigenvalue weighted by Crippen LogP contribution is -2.14. The Balaban J connectivity index is 1.75. The first-order valence-corrected chi connectivity index (χ1v) is 7.40. The highest BCUT2D eigenvalue weighted by Crippen LogP contribution is 2.34. The molecular formula is C17H14F3N3O. The Labute approximate surface area is 136 Å². The van der Waals surface area contributed by atoms with E-state index in [9.17, 15) is 13.2 Å². The molecule has 4 nitrogen and oxygen atoms in total. The van der Waals surface area contributed by atoms with E-state index in [1.54, 1.807) is 30.6 Å². The summed E-state index contributed by atoms with van der Waals surface area (Å²) in [6, 6.07) is 10.1. The first-order valence-electron chi connectivity index (χ1n) is 7.40. The number of hydrogen-bond donors (Lipinski definition) is 0. The fraction of sp³-hybridized carbons (Fsp3) is 0.235. The van der Waals surface area contributed by atoms with Gasteiger partial charge in [0.15, 0.2) is 0 Å². The molecule has 0 spiro atoms. The summed E-state index contributed by atoms with van der Waals surface area (Å²) in [5.41, 5.74) is 0.517. The lowest BCUT2D eigenvalue weighted by Gasteiger charge is -2.13. The normalized spacial score (nSPS) is 11.6. The Morgan fingerprint density at radius 2 is 1.58 bits per heavy atom. The second-order valence-electron chi connectivity index (χ2n) is 5.17. The van der Waals surface area contributed by atoms with Crippen molar-refractivity contribution in [2.45, 2.75) is 19.0 Å². The zero-order chi connectivity index (χ0) is 17.0. The highest BCUT2D eigenvalue weighted by Gasteiger charge is 2.38. The number of benzene rings is 1. The van der Waals surface area contributed by atoms with Crippen LogP contribution in [-0.4, -0.2) is 21.6 Å². The number of ether oxygens (including phenoxy) is 1. The Kier molecular flexibility index (Phi) is 4.59. The fourth-order valence-electron chi connectivity index (χ4n) is 2.26. The molecule has 0 amide bonds. The number of pyridine rings is 1. The summed E-state index contributed by atoms with van der Waals surface area (Å²) in [6.45, 7) is 0.123. The van der Waals surface area contributed by atoms with Gasteiger partial charge in [-0.3, -0.25) is 4.98 Å². The van der Waals surface area contributed by atoms with Crippen LogP contribution in [0.15, 0.2) is 48.8 Å². The number of rotatable bonds is 5. The Bertz CT molecular complexity index is 822. The molecule has 0 aliphatic carbocycles. The Morgan fingerprint density at radius 3 is 2.25 bits per heavy atom. The van der Waals surface area contributed by atoms with Crippen LogP contribution >= 0.6 is 0 Å². The van der Waals surface area contributed by atoms with Crippen LogP contribution in [0, 0.1) is 0 Å². The molecule has 3 rings (SSSR count). The topological polar surface area (TPSA) is 47.9 Å². The first kappa shape index (κ1) is 16.2. The second kappa shape index (κ2) is 6.82. The minimum atomic E-state index is -4.61. The predicted molar refractivity (Wildman–Crippen MR) is 82.6 cm³/mol. The zero-order valence-corrected chi connectivity index (χ0v) is 12.6. The van der Waals surface area contributed by atoms with Crippen molar-refractivity contribution < 1.29 is 17.9 Å². The molecule has 1 aromatic carbocycles. The van der Waals surface area contributed by atoms with Crippen molar-refractivity contribution in [2.24, 2.45) is 0 Å². The molecule has 24 heavy (non-hydrogen) atoms. The highest BCUT2D eigenvalue weighted by atomic mass is 19.4. The van der Waals surface area contributed by atoms with Crippen LogP contribution in [0.1, 0.15) is 17.7 Å². The largest absolute Gasteiger partial charge is 0.476 e. The van der Waals surface area contributed by atoms with Gasteiger partial charge in [-0.15, -0.1) is 0 Å². The third-order valence-electron chi connectivity index (χ3n) is 3.40. The number of alkyl halides is 3. The van der Waals surface area contributed by atoms with Crippen LogP contribution in [-0.2, 0) is 12.6 Å². The molecule has 0 N–H and O–H groups in total. The van der Waals surface area contributed by atoms with Crippen LogP contribution in [0.2, 0.25) is 0 Å². The first-order chi connectivity index (χ1) is 11.5. The van der Waals surface area contributed by atoms with Gasteiger partial charge in [0.1, 0.15) is 0 Å². The average Bonchev–Trinajstić information content (AvgIpc) is 2.58. The van der Waals surface area contributed by atoms with Crippen molar-refractivity contribution >= 4 is 11.0 Å². The summed E-state index contributed by atoms with van der Waals surface area (Å²) in [6.07, 6.45) is -0.0162. The van der Waals surface area contributed by atoms with Crippen LogP contribution < -0.4 is 4.74 Å². The van der Waals surface area contributed by atoms with E-state index in [4.69, 9.17) is 4.74 Å². The molecule has 0 radical (unpaired) electrons. The minimum Gasteiger partial charge on any atom is -0.476 e. The SMILES string of the molecule is FC(F)(F)c1nc2ccccc2nc1OCCCc1ccncc1. The molecule has 2 heterocycles. The third kappa shape index (κ3) is 3.79. The predicted octanol–water partition coefficient (Wildman–Crippen LogP) is 4.06. The van der Waals surface area contributed by atoms with Crippen LogP contribution in [0.4, 0.5) is 13.2 Å². The van der Waals surface area contributed by atoms with Gasteiger partial charge in [0.2, 0.25) is 11.6 Å². The summed E-state index contributed by atoms with van der Waals surface area (Å²) in [5, 5.41) is 0. The van der Waals surface area contributed by atoms with Crippen LogP contribution in [0.25, 0.3) is 11.0 Å². The lowest BCUT2D eigenvalue weighted by atomic mass is 10.1. The Morgan fingerprint density at radius 1 is 0.917 bits per heavy atom. The number of aryl methyl sites for hydroxylation is 1. The number of halogens is 3. The van der Waals surface area contributed by atoms with E-state index in [1.807, 2.05) is 12.1 Å². The zero-order valence-electron chi connectivity index (χ0n) is 12.6. The summed E-state index contributed by atoms with van der Waals surface area (Å²) in [5.74, 6) is -0.476. The maximum atomic E-state index is 13.2. The van der Waals surface area contributed by atoms with Crippen molar-refractivity contribution in [3.63, 3.8) is 0 Å². The monoisotopic (exact) mass is 333 g/mol. The number of fused-ring (bicyclic) bond motifs is 1. The molecule has 0 saturated carbocycles. The van der Waals surface area contributed by atoms with Gasteiger partial charge in [0.05, 0.1) is 17.6 Å². The van der Waals surface area contributed by atoms with E-state index in [2.05, 4.69) is 15.0 Å². The molecular weight excluding hydrogens is 319 g/mol. The van der Waals surface area contributed by atoms with Crippen molar-refractivity contribution in [3.05, 3.63) is 60.0 Å². The van der Waals surface area contributed by atoms with Gasteiger partial charge in [0, 0.05) is 12.4 Å². The lowest BCUT2D eigenvalue weighted by molar-refractivity contribution is -0.142. The minimum absolute atomic E-state index is 0.123. The van der Waals surface area contributed by atoms with E-state index in [0.29, 0.717) is 18.4 Å². The standard InChI is InChI=1S/C17H14F3N3O/c18-17(19,20)15-16(23-14-6-2-1-5-13(14)22-15)24-11-3-4-12-7-9-21-10-8-12/h1-2,5-10H,3-4,11H2. The molecule has 124 valence electrons. The molecule has 0 bridgehead atoms. The highest BCUT2D eigenvalue weighted by molar-refractivity contribution is 5.74. The number of aromatic nitrogens is 3. The van der Waals surface area contributed by atoms with Gasteiger partial charge in [0.25, 0.3) is 0 Å². The molecule has 0 unspecified atom stereocenters. The molecule has 0 atom stereocenters. The van der Waals surface area contributed by atoms with E-state index < -0.39 is 17.8 Å². The van der Waals surface area contributed by atoms with E-state index in [0.717, 1.165) is 5.56 Å². The summed E-state index contributed by atoms with van der Waals surface area (Å²) in [4.78, 5) is 11.5. The Hall–Kier alpha value is -2.70. The summed E-state index contributed by atoms with van der Waals surface area (Å²) >= 11 is 0. The molecule has 0 fully saturated rings. The van der Waals surface area contributed by atoms with E-state index in [-0.39, 0.29) is 12.1 Å².